The first-order chi connectivity index (χ1) is 8.20. The first-order valence-corrected chi connectivity index (χ1v) is 6.27. The molecular formula is C14H24N2O2. The molecule has 4 nitrogen and oxygen atoms in total. The fraction of sp³-hybridized carbons (Fsp3) is 0.571. The van der Waals surface area contributed by atoms with Crippen molar-refractivity contribution in [3.8, 4) is 11.5 Å². The van der Waals surface area contributed by atoms with Gasteiger partial charge >= 0.3 is 0 Å². The van der Waals surface area contributed by atoms with Crippen LogP contribution in [0, 0.1) is 0 Å². The van der Waals surface area contributed by atoms with Gasteiger partial charge in [0.15, 0.2) is 11.5 Å². The van der Waals surface area contributed by atoms with Crippen molar-refractivity contribution in [1.29, 1.82) is 0 Å². The summed E-state index contributed by atoms with van der Waals surface area (Å²) in [5.74, 6) is 2.75. The summed E-state index contributed by atoms with van der Waals surface area (Å²) in [4.78, 5) is 0. The van der Waals surface area contributed by atoms with Crippen LogP contribution in [0.2, 0.25) is 0 Å². The normalized spacial score (nSPS) is 14.2. The summed E-state index contributed by atoms with van der Waals surface area (Å²) < 4.78 is 5.23. The smallest absolute Gasteiger partial charge is 0.173 e. The number of hydrogen-bond donors (Lipinski definition) is 3. The van der Waals surface area contributed by atoms with Crippen LogP contribution in [0.4, 0.5) is 0 Å². The van der Waals surface area contributed by atoms with Gasteiger partial charge in [-0.2, -0.15) is 0 Å². The van der Waals surface area contributed by atoms with E-state index in [1.807, 2.05) is 12.1 Å². The third kappa shape index (κ3) is 5.04. The predicted molar refractivity (Wildman–Crippen MR) is 73.7 cm³/mol. The molecule has 102 valence electrons. The molecule has 0 spiro atoms. The average Bonchev–Trinajstić information content (AvgIpc) is 2.91. The minimum Gasteiger partial charge on any atom is -0.449 e. The lowest BCUT2D eigenvalue weighted by Gasteiger charge is -2.21. The summed E-state index contributed by atoms with van der Waals surface area (Å²) in [5, 5.41) is 11.7. The molecule has 1 aliphatic heterocycles. The van der Waals surface area contributed by atoms with Gasteiger partial charge < -0.3 is 15.6 Å². The van der Waals surface area contributed by atoms with E-state index in [4.69, 9.17) is 15.6 Å². The quantitative estimate of drug-likeness (QED) is 0.580. The van der Waals surface area contributed by atoms with Gasteiger partial charge in [-0.05, 0) is 32.8 Å². The molecule has 0 aromatic heterocycles. The molecule has 1 heterocycles. The van der Waals surface area contributed by atoms with Crippen LogP contribution in [0.1, 0.15) is 46.1 Å². The Balaban J connectivity index is 0.000000187. The SMILES string of the molecule is CC(C)c1cccc2c1O2.CC(N)NC(C)(C)O. The number of benzene rings is 1. The molecule has 4 heteroatoms. The molecular weight excluding hydrogens is 228 g/mol. The van der Waals surface area contributed by atoms with Gasteiger partial charge in [-0.1, -0.05) is 26.0 Å². The molecule has 0 saturated heterocycles. The number of aliphatic hydroxyl groups is 1. The van der Waals surface area contributed by atoms with Crippen molar-refractivity contribution in [2.75, 3.05) is 0 Å². The van der Waals surface area contributed by atoms with Crippen molar-refractivity contribution >= 4 is 0 Å². The van der Waals surface area contributed by atoms with Crippen LogP contribution in [0.25, 0.3) is 0 Å². The molecule has 0 bridgehead atoms. The fourth-order valence-electron chi connectivity index (χ4n) is 1.72. The first kappa shape index (κ1) is 15.0. The number of ether oxygens (including phenoxy) is 1. The molecule has 4 N–H and O–H groups in total. The second-order valence-corrected chi connectivity index (χ2v) is 5.42. The van der Waals surface area contributed by atoms with Gasteiger partial charge in [-0.15, -0.1) is 0 Å². The van der Waals surface area contributed by atoms with E-state index in [0.29, 0.717) is 5.92 Å². The largest absolute Gasteiger partial charge is 0.449 e. The summed E-state index contributed by atoms with van der Waals surface area (Å²) in [6, 6.07) is 6.17. The lowest BCUT2D eigenvalue weighted by molar-refractivity contribution is 0.0339. The molecule has 1 atom stereocenters. The van der Waals surface area contributed by atoms with Gasteiger partial charge in [0.1, 0.15) is 5.72 Å². The molecule has 0 saturated carbocycles. The van der Waals surface area contributed by atoms with Crippen molar-refractivity contribution < 1.29 is 9.84 Å². The maximum atomic E-state index is 9.00. The van der Waals surface area contributed by atoms with Gasteiger partial charge in [-0.25, -0.2) is 0 Å². The Morgan fingerprint density at radius 1 is 1.28 bits per heavy atom. The Kier molecular flexibility index (Phi) is 4.73. The second-order valence-electron chi connectivity index (χ2n) is 5.42. The van der Waals surface area contributed by atoms with Crippen LogP contribution in [0.5, 0.6) is 11.5 Å². The highest BCUT2D eigenvalue weighted by Gasteiger charge is 2.24. The van der Waals surface area contributed by atoms with Crippen molar-refractivity contribution in [1.82, 2.24) is 5.32 Å². The van der Waals surface area contributed by atoms with Crippen molar-refractivity contribution in [2.24, 2.45) is 5.73 Å². The van der Waals surface area contributed by atoms with E-state index in [9.17, 15) is 0 Å². The van der Waals surface area contributed by atoms with Crippen LogP contribution in [-0.4, -0.2) is 17.0 Å². The summed E-state index contributed by atoms with van der Waals surface area (Å²) >= 11 is 0. The minimum absolute atomic E-state index is 0.157. The van der Waals surface area contributed by atoms with Gasteiger partial charge in [-0.3, -0.25) is 5.32 Å². The summed E-state index contributed by atoms with van der Waals surface area (Å²) in [6.07, 6.45) is -0.157. The maximum absolute atomic E-state index is 9.00. The molecule has 0 radical (unpaired) electrons. The number of nitrogens with one attached hydrogen (secondary N) is 1. The standard InChI is InChI=1S/C9H10O.C5H14N2O/c1-6(2)7-4-3-5-8-9(7)10-8;1-4(6)7-5(2,3)8/h3-6H,1-2H3;4,7-8H,6H2,1-3H3. The number of hydrogen-bond acceptors (Lipinski definition) is 4. The monoisotopic (exact) mass is 252 g/mol. The van der Waals surface area contributed by atoms with Crippen LogP contribution in [0.15, 0.2) is 18.2 Å². The topological polar surface area (TPSA) is 70.8 Å². The molecule has 2 rings (SSSR count). The van der Waals surface area contributed by atoms with Crippen molar-refractivity contribution in [3.05, 3.63) is 23.8 Å². The van der Waals surface area contributed by atoms with E-state index in [0.717, 1.165) is 11.5 Å². The van der Waals surface area contributed by atoms with Crippen LogP contribution in [-0.2, 0) is 0 Å². The lowest BCUT2D eigenvalue weighted by atomic mass is 10.0. The molecule has 1 unspecified atom stereocenters. The molecule has 1 aromatic carbocycles. The molecule has 18 heavy (non-hydrogen) atoms. The van der Waals surface area contributed by atoms with E-state index in [-0.39, 0.29) is 6.17 Å². The van der Waals surface area contributed by atoms with E-state index >= 15 is 0 Å². The van der Waals surface area contributed by atoms with Gasteiger partial charge in [0.2, 0.25) is 0 Å². The maximum Gasteiger partial charge on any atom is 0.173 e. The van der Waals surface area contributed by atoms with E-state index in [2.05, 4.69) is 25.2 Å². The Morgan fingerprint density at radius 3 is 2.22 bits per heavy atom. The molecule has 1 aromatic rings. The van der Waals surface area contributed by atoms with E-state index in [1.54, 1.807) is 20.8 Å². The molecule has 0 amide bonds. The average molecular weight is 252 g/mol. The zero-order valence-corrected chi connectivity index (χ0v) is 11.8. The summed E-state index contributed by atoms with van der Waals surface area (Å²) in [6.45, 7) is 9.43. The van der Waals surface area contributed by atoms with Crippen LogP contribution >= 0.6 is 0 Å². The summed E-state index contributed by atoms with van der Waals surface area (Å²) in [7, 11) is 0. The number of rotatable bonds is 3. The Labute approximate surface area is 109 Å². The van der Waals surface area contributed by atoms with E-state index < -0.39 is 5.72 Å². The second kappa shape index (κ2) is 5.69. The lowest BCUT2D eigenvalue weighted by Crippen LogP contribution is -2.48. The molecule has 1 aliphatic rings. The minimum atomic E-state index is -0.853. The Bertz CT molecular complexity index is 395. The van der Waals surface area contributed by atoms with Crippen molar-refractivity contribution in [2.45, 2.75) is 52.4 Å². The first-order valence-electron chi connectivity index (χ1n) is 6.27. The third-order valence-electron chi connectivity index (χ3n) is 2.38. The number of para-hydroxylation sites is 1. The molecule has 0 fully saturated rings. The van der Waals surface area contributed by atoms with Gasteiger partial charge in [0.05, 0.1) is 6.17 Å². The zero-order valence-electron chi connectivity index (χ0n) is 11.8. The fourth-order valence-corrected chi connectivity index (χ4v) is 1.72. The summed E-state index contributed by atoms with van der Waals surface area (Å²) in [5.41, 5.74) is 5.79. The van der Waals surface area contributed by atoms with E-state index in [1.165, 1.54) is 5.56 Å². The van der Waals surface area contributed by atoms with Crippen molar-refractivity contribution in [3.63, 3.8) is 0 Å². The molecule has 0 aliphatic carbocycles. The van der Waals surface area contributed by atoms with Crippen LogP contribution < -0.4 is 15.8 Å². The Hall–Kier alpha value is -1.10. The van der Waals surface area contributed by atoms with Crippen LogP contribution in [0.3, 0.4) is 0 Å². The van der Waals surface area contributed by atoms with Gasteiger partial charge in [0, 0.05) is 5.56 Å². The zero-order chi connectivity index (χ0) is 13.9. The highest BCUT2D eigenvalue weighted by molar-refractivity contribution is 5.59. The number of nitrogens with two attached hydrogens (primary N) is 1. The highest BCUT2D eigenvalue weighted by Crippen LogP contribution is 2.49. The number of fused-ring (bicyclic) bond motifs is 1. The highest BCUT2D eigenvalue weighted by atomic mass is 16.6. The Morgan fingerprint density at radius 2 is 1.89 bits per heavy atom. The third-order valence-corrected chi connectivity index (χ3v) is 2.38. The predicted octanol–water partition coefficient (Wildman–Crippen LogP) is 2.52. The van der Waals surface area contributed by atoms with Gasteiger partial charge in [0.25, 0.3) is 0 Å².